The van der Waals surface area contributed by atoms with E-state index in [0.717, 1.165) is 0 Å². The van der Waals surface area contributed by atoms with Gasteiger partial charge in [0.2, 0.25) is 0 Å². The lowest BCUT2D eigenvalue weighted by atomic mass is 10.4. The molecule has 72 valence electrons. The van der Waals surface area contributed by atoms with E-state index in [4.69, 9.17) is 10.4 Å². The number of rotatable bonds is 4. The van der Waals surface area contributed by atoms with E-state index < -0.39 is 5.97 Å². The van der Waals surface area contributed by atoms with E-state index in [0.29, 0.717) is 16.5 Å². The second kappa shape index (κ2) is 5.25. The van der Waals surface area contributed by atoms with Crippen molar-refractivity contribution < 1.29 is 9.90 Å². The van der Waals surface area contributed by atoms with Crippen LogP contribution in [0.2, 0.25) is 0 Å². The molecule has 0 radical (unpaired) electrons. The Morgan fingerprint density at radius 3 is 3.07 bits per heavy atom. The average molecular weight is 208 g/mol. The van der Waals surface area contributed by atoms with E-state index in [1.54, 1.807) is 18.2 Å². The minimum absolute atomic E-state index is 0.100. The van der Waals surface area contributed by atoms with Gasteiger partial charge in [0.15, 0.2) is 0 Å². The molecule has 1 rings (SSSR count). The van der Waals surface area contributed by atoms with Crippen LogP contribution >= 0.6 is 11.8 Å². The third-order valence-electron chi connectivity index (χ3n) is 1.40. The molecule has 0 saturated carbocycles. The molecule has 5 heteroatoms. The SMILES string of the molecule is N#Cc1cccc(SCCC(=O)O)n1. The van der Waals surface area contributed by atoms with E-state index in [1.807, 2.05) is 6.07 Å². The number of hydrogen-bond acceptors (Lipinski definition) is 4. The molecule has 1 N–H and O–H groups in total. The molecule has 0 aromatic carbocycles. The molecule has 0 spiro atoms. The van der Waals surface area contributed by atoms with Gasteiger partial charge in [-0.15, -0.1) is 11.8 Å². The molecule has 0 aliphatic carbocycles. The second-order valence-electron chi connectivity index (χ2n) is 2.47. The van der Waals surface area contributed by atoms with E-state index in [1.165, 1.54) is 11.8 Å². The van der Waals surface area contributed by atoms with Gasteiger partial charge in [0.1, 0.15) is 11.8 Å². The Bertz CT molecular complexity index is 373. The lowest BCUT2D eigenvalue weighted by Crippen LogP contribution is -1.96. The minimum atomic E-state index is -0.825. The summed E-state index contributed by atoms with van der Waals surface area (Å²) < 4.78 is 0. The van der Waals surface area contributed by atoms with Crippen molar-refractivity contribution in [3.63, 3.8) is 0 Å². The second-order valence-corrected chi connectivity index (χ2v) is 3.58. The maximum atomic E-state index is 10.2. The zero-order chi connectivity index (χ0) is 10.4. The Labute approximate surface area is 85.6 Å². The van der Waals surface area contributed by atoms with Gasteiger partial charge in [0.25, 0.3) is 0 Å². The summed E-state index contributed by atoms with van der Waals surface area (Å²) in [7, 11) is 0. The molecule has 0 aliphatic heterocycles. The molecule has 0 saturated heterocycles. The van der Waals surface area contributed by atoms with Crippen LogP contribution in [0.1, 0.15) is 12.1 Å². The van der Waals surface area contributed by atoms with Crippen molar-refractivity contribution in [3.05, 3.63) is 23.9 Å². The number of carbonyl (C=O) groups is 1. The summed E-state index contributed by atoms with van der Waals surface area (Å²) in [5.41, 5.74) is 0.352. The van der Waals surface area contributed by atoms with E-state index in [2.05, 4.69) is 4.98 Å². The van der Waals surface area contributed by atoms with Crippen LogP contribution in [0.25, 0.3) is 0 Å². The third kappa shape index (κ3) is 3.46. The number of nitrogens with zero attached hydrogens (tertiary/aromatic N) is 2. The fraction of sp³-hybridized carbons (Fsp3) is 0.222. The van der Waals surface area contributed by atoms with Crippen molar-refractivity contribution in [2.24, 2.45) is 0 Å². The Hall–Kier alpha value is -1.54. The Kier molecular flexibility index (Phi) is 3.95. The molecule has 0 bridgehead atoms. The van der Waals surface area contributed by atoms with Crippen molar-refractivity contribution in [2.75, 3.05) is 5.75 Å². The molecule has 0 amide bonds. The summed E-state index contributed by atoms with van der Waals surface area (Å²) in [6.45, 7) is 0. The highest BCUT2D eigenvalue weighted by Crippen LogP contribution is 2.15. The normalized spacial score (nSPS) is 9.36. The average Bonchev–Trinajstić information content (AvgIpc) is 2.18. The highest BCUT2D eigenvalue weighted by molar-refractivity contribution is 7.99. The van der Waals surface area contributed by atoms with Crippen LogP contribution in [0.15, 0.2) is 23.2 Å². The molecule has 1 aromatic heterocycles. The number of thioether (sulfide) groups is 1. The van der Waals surface area contributed by atoms with Gasteiger partial charge in [-0.1, -0.05) is 6.07 Å². The number of carboxylic acid groups (broad SMARTS) is 1. The van der Waals surface area contributed by atoms with Crippen LogP contribution in [-0.4, -0.2) is 21.8 Å². The summed E-state index contributed by atoms with van der Waals surface area (Å²) in [5, 5.41) is 17.7. The van der Waals surface area contributed by atoms with Crippen LogP contribution < -0.4 is 0 Å². The maximum Gasteiger partial charge on any atom is 0.304 e. The number of aliphatic carboxylic acids is 1. The molecular weight excluding hydrogens is 200 g/mol. The van der Waals surface area contributed by atoms with Gasteiger partial charge in [-0.2, -0.15) is 5.26 Å². The van der Waals surface area contributed by atoms with Gasteiger partial charge in [-0.05, 0) is 12.1 Å². The predicted octanol–water partition coefficient (Wildman–Crippen LogP) is 1.52. The van der Waals surface area contributed by atoms with E-state index in [9.17, 15) is 4.79 Å². The lowest BCUT2D eigenvalue weighted by molar-refractivity contribution is -0.136. The molecule has 0 unspecified atom stereocenters. The summed E-state index contributed by atoms with van der Waals surface area (Å²) in [4.78, 5) is 14.2. The first-order valence-corrected chi connectivity index (χ1v) is 4.92. The number of pyridine rings is 1. The predicted molar refractivity (Wildman–Crippen MR) is 51.9 cm³/mol. The van der Waals surface area contributed by atoms with Gasteiger partial charge >= 0.3 is 5.97 Å². The quantitative estimate of drug-likeness (QED) is 0.759. The standard InChI is InChI=1S/C9H8N2O2S/c10-6-7-2-1-3-8(11-7)14-5-4-9(12)13/h1-3H,4-5H2,(H,12,13). The number of hydrogen-bond donors (Lipinski definition) is 1. The lowest BCUT2D eigenvalue weighted by Gasteiger charge is -1.98. The molecular formula is C9H8N2O2S. The van der Waals surface area contributed by atoms with E-state index >= 15 is 0 Å². The van der Waals surface area contributed by atoms with Crippen LogP contribution in [-0.2, 0) is 4.79 Å². The van der Waals surface area contributed by atoms with Crippen LogP contribution in [0.5, 0.6) is 0 Å². The van der Waals surface area contributed by atoms with Crippen molar-refractivity contribution in [3.8, 4) is 6.07 Å². The summed E-state index contributed by atoms with van der Waals surface area (Å²) in [6.07, 6.45) is 0.100. The fourth-order valence-corrected chi connectivity index (χ4v) is 1.62. The summed E-state index contributed by atoms with van der Waals surface area (Å²) in [5.74, 6) is -0.356. The molecule has 1 heterocycles. The van der Waals surface area contributed by atoms with Crippen LogP contribution in [0.3, 0.4) is 0 Å². The molecule has 0 aliphatic rings. The maximum absolute atomic E-state index is 10.2. The largest absolute Gasteiger partial charge is 0.481 e. The smallest absolute Gasteiger partial charge is 0.304 e. The third-order valence-corrected chi connectivity index (χ3v) is 2.34. The highest BCUT2D eigenvalue weighted by atomic mass is 32.2. The first-order valence-electron chi connectivity index (χ1n) is 3.94. The van der Waals surface area contributed by atoms with Gasteiger partial charge in [0.05, 0.1) is 11.4 Å². The van der Waals surface area contributed by atoms with Crippen molar-refractivity contribution in [1.29, 1.82) is 5.26 Å². The summed E-state index contributed by atoms with van der Waals surface area (Å²) in [6, 6.07) is 7.03. The number of nitriles is 1. The van der Waals surface area contributed by atoms with Gasteiger partial charge in [0, 0.05) is 5.75 Å². The molecule has 4 nitrogen and oxygen atoms in total. The fourth-order valence-electron chi connectivity index (χ4n) is 0.800. The van der Waals surface area contributed by atoms with Gasteiger partial charge < -0.3 is 5.11 Å². The topological polar surface area (TPSA) is 74.0 Å². The molecule has 14 heavy (non-hydrogen) atoms. The minimum Gasteiger partial charge on any atom is -0.481 e. The van der Waals surface area contributed by atoms with Gasteiger partial charge in [-0.25, -0.2) is 4.98 Å². The van der Waals surface area contributed by atoms with Crippen molar-refractivity contribution in [2.45, 2.75) is 11.4 Å². The van der Waals surface area contributed by atoms with Crippen molar-refractivity contribution in [1.82, 2.24) is 4.98 Å². The van der Waals surface area contributed by atoms with Gasteiger partial charge in [-0.3, -0.25) is 4.79 Å². The van der Waals surface area contributed by atoms with E-state index in [-0.39, 0.29) is 6.42 Å². The Balaban J connectivity index is 2.51. The first kappa shape index (κ1) is 10.5. The van der Waals surface area contributed by atoms with Crippen LogP contribution in [0.4, 0.5) is 0 Å². The Morgan fingerprint density at radius 1 is 1.64 bits per heavy atom. The summed E-state index contributed by atoms with van der Waals surface area (Å²) >= 11 is 1.34. The van der Waals surface area contributed by atoms with Crippen LogP contribution in [0, 0.1) is 11.3 Å². The highest BCUT2D eigenvalue weighted by Gasteiger charge is 2.00. The number of aromatic nitrogens is 1. The number of carboxylic acids is 1. The zero-order valence-electron chi connectivity index (χ0n) is 7.30. The zero-order valence-corrected chi connectivity index (χ0v) is 8.12. The monoisotopic (exact) mass is 208 g/mol. The Morgan fingerprint density at radius 2 is 2.43 bits per heavy atom. The molecule has 0 atom stereocenters. The van der Waals surface area contributed by atoms with Crippen molar-refractivity contribution >= 4 is 17.7 Å². The first-order chi connectivity index (χ1) is 6.72. The molecule has 1 aromatic rings. The molecule has 0 fully saturated rings.